The van der Waals surface area contributed by atoms with Crippen LogP contribution < -0.4 is 5.32 Å². The van der Waals surface area contributed by atoms with Crippen LogP contribution >= 0.6 is 0 Å². The number of rotatable bonds is 10. The molecule has 0 saturated heterocycles. The molecule has 146 valence electrons. The van der Waals surface area contributed by atoms with Gasteiger partial charge in [-0.05, 0) is 56.7 Å². The minimum atomic E-state index is 0.481. The molecular formula is C21H25N5O2. The van der Waals surface area contributed by atoms with Crippen LogP contribution in [-0.4, -0.2) is 26.9 Å². The van der Waals surface area contributed by atoms with Gasteiger partial charge in [0.2, 0.25) is 17.7 Å². The summed E-state index contributed by atoms with van der Waals surface area (Å²) in [5.74, 6) is 4.11. The monoisotopic (exact) mass is 379 g/mol. The van der Waals surface area contributed by atoms with Crippen molar-refractivity contribution in [2.24, 2.45) is 0 Å². The maximum absolute atomic E-state index is 5.80. The Hall–Kier alpha value is -2.70. The van der Waals surface area contributed by atoms with Crippen LogP contribution in [0.2, 0.25) is 0 Å². The fourth-order valence-electron chi connectivity index (χ4n) is 3.30. The van der Waals surface area contributed by atoms with Crippen LogP contribution in [0.1, 0.15) is 74.4 Å². The second kappa shape index (κ2) is 7.73. The van der Waals surface area contributed by atoms with Crippen LogP contribution in [0.5, 0.6) is 0 Å². The van der Waals surface area contributed by atoms with E-state index in [1.165, 1.54) is 12.8 Å². The van der Waals surface area contributed by atoms with Crippen LogP contribution in [0.3, 0.4) is 0 Å². The molecule has 0 unspecified atom stereocenters. The minimum absolute atomic E-state index is 0.481. The fourth-order valence-corrected chi connectivity index (χ4v) is 3.30. The zero-order chi connectivity index (χ0) is 18.8. The Kier molecular flexibility index (Phi) is 4.81. The molecule has 2 aliphatic rings. The Labute approximate surface area is 163 Å². The number of benzene rings is 1. The number of hydrogen-bond donors (Lipinski definition) is 1. The van der Waals surface area contributed by atoms with Gasteiger partial charge in [-0.25, -0.2) is 0 Å². The van der Waals surface area contributed by atoms with Crippen molar-refractivity contribution >= 4 is 5.69 Å². The molecule has 0 bridgehead atoms. The summed E-state index contributed by atoms with van der Waals surface area (Å²) in [6, 6.07) is 8.17. The Morgan fingerprint density at radius 3 is 2.75 bits per heavy atom. The van der Waals surface area contributed by atoms with Gasteiger partial charge in [0.25, 0.3) is 0 Å². The van der Waals surface area contributed by atoms with Gasteiger partial charge in [-0.1, -0.05) is 17.6 Å². The van der Waals surface area contributed by atoms with Crippen LogP contribution in [0.15, 0.2) is 33.2 Å². The predicted molar refractivity (Wildman–Crippen MR) is 104 cm³/mol. The van der Waals surface area contributed by atoms with Gasteiger partial charge >= 0.3 is 0 Å². The van der Waals surface area contributed by atoms with E-state index in [-0.39, 0.29) is 0 Å². The lowest BCUT2D eigenvalue weighted by molar-refractivity contribution is 0.369. The highest BCUT2D eigenvalue weighted by atomic mass is 16.5. The van der Waals surface area contributed by atoms with E-state index in [1.807, 2.05) is 12.1 Å². The molecule has 2 aliphatic carbocycles. The average molecular weight is 379 g/mol. The summed E-state index contributed by atoms with van der Waals surface area (Å²) in [7, 11) is 0. The van der Waals surface area contributed by atoms with E-state index in [9.17, 15) is 0 Å². The maximum Gasteiger partial charge on any atom is 0.247 e. The van der Waals surface area contributed by atoms with Crippen molar-refractivity contribution in [2.75, 3.05) is 11.9 Å². The Balaban J connectivity index is 1.05. The lowest BCUT2D eigenvalue weighted by Gasteiger charge is -2.07. The van der Waals surface area contributed by atoms with Crippen molar-refractivity contribution in [1.82, 2.24) is 20.3 Å². The normalized spacial score (nSPS) is 16.4. The molecule has 3 aromatic rings. The van der Waals surface area contributed by atoms with E-state index in [4.69, 9.17) is 8.94 Å². The number of nitrogens with one attached hydrogen (secondary N) is 1. The molecule has 2 fully saturated rings. The molecule has 0 radical (unpaired) electrons. The topological polar surface area (TPSA) is 89.9 Å². The van der Waals surface area contributed by atoms with Gasteiger partial charge < -0.3 is 14.3 Å². The standard InChI is InChI=1S/C21H25N5O2/c1(2-7-18-23-19(26-28-18)14-8-9-14)3-12-22-17-6-4-5-16(13-17)21-25-24-20(27-21)15-10-11-15/h4-6,13-15,22H,1-3,7-12H2. The van der Waals surface area contributed by atoms with E-state index in [0.717, 1.165) is 73.9 Å². The Morgan fingerprint density at radius 1 is 1.00 bits per heavy atom. The molecule has 5 rings (SSSR count). The van der Waals surface area contributed by atoms with Crippen LogP contribution in [-0.2, 0) is 6.42 Å². The van der Waals surface area contributed by atoms with E-state index >= 15 is 0 Å². The molecule has 28 heavy (non-hydrogen) atoms. The molecule has 2 aromatic heterocycles. The molecule has 2 heterocycles. The van der Waals surface area contributed by atoms with E-state index in [1.54, 1.807) is 0 Å². The first-order valence-corrected chi connectivity index (χ1v) is 10.4. The van der Waals surface area contributed by atoms with Crippen molar-refractivity contribution in [1.29, 1.82) is 0 Å². The summed E-state index contributed by atoms with van der Waals surface area (Å²) in [5.41, 5.74) is 2.04. The van der Waals surface area contributed by atoms with Gasteiger partial charge in [-0.3, -0.25) is 0 Å². The van der Waals surface area contributed by atoms with Crippen LogP contribution in [0, 0.1) is 0 Å². The Morgan fingerprint density at radius 2 is 1.89 bits per heavy atom. The molecule has 1 N–H and O–H groups in total. The van der Waals surface area contributed by atoms with Gasteiger partial charge in [0.05, 0.1) is 0 Å². The molecular weight excluding hydrogens is 354 g/mol. The summed E-state index contributed by atoms with van der Waals surface area (Å²) in [4.78, 5) is 4.48. The van der Waals surface area contributed by atoms with E-state index in [2.05, 4.69) is 37.8 Å². The molecule has 0 atom stereocenters. The highest BCUT2D eigenvalue weighted by molar-refractivity contribution is 5.61. The first-order chi connectivity index (χ1) is 13.8. The zero-order valence-electron chi connectivity index (χ0n) is 15.9. The zero-order valence-corrected chi connectivity index (χ0v) is 15.9. The first kappa shape index (κ1) is 17.4. The lowest BCUT2D eigenvalue weighted by Crippen LogP contribution is -2.01. The first-order valence-electron chi connectivity index (χ1n) is 10.4. The summed E-state index contributed by atoms with van der Waals surface area (Å²) >= 11 is 0. The molecule has 7 heteroatoms. The fraction of sp³-hybridized carbons (Fsp3) is 0.524. The molecule has 0 amide bonds. The molecule has 0 spiro atoms. The number of nitrogens with zero attached hydrogens (tertiary/aromatic N) is 4. The van der Waals surface area contributed by atoms with Gasteiger partial charge in [0.15, 0.2) is 5.82 Å². The lowest BCUT2D eigenvalue weighted by atomic mass is 10.1. The van der Waals surface area contributed by atoms with Crippen molar-refractivity contribution in [2.45, 2.75) is 63.2 Å². The third-order valence-corrected chi connectivity index (χ3v) is 5.30. The minimum Gasteiger partial charge on any atom is -0.420 e. The highest BCUT2D eigenvalue weighted by Crippen LogP contribution is 2.40. The summed E-state index contributed by atoms with van der Waals surface area (Å²) < 4.78 is 11.1. The number of unbranched alkanes of at least 4 members (excludes halogenated alkanes) is 2. The van der Waals surface area contributed by atoms with E-state index < -0.39 is 0 Å². The predicted octanol–water partition coefficient (Wildman–Crippen LogP) is 4.70. The summed E-state index contributed by atoms with van der Waals surface area (Å²) in [5, 5.41) is 15.9. The van der Waals surface area contributed by atoms with Crippen molar-refractivity contribution < 1.29 is 8.94 Å². The smallest absolute Gasteiger partial charge is 0.247 e. The summed E-state index contributed by atoms with van der Waals surface area (Å²) in [6.07, 6.45) is 8.91. The molecule has 1 aromatic carbocycles. The second-order valence-electron chi connectivity index (χ2n) is 7.86. The number of anilines is 1. The Bertz CT molecular complexity index is 926. The van der Waals surface area contributed by atoms with Crippen LogP contribution in [0.4, 0.5) is 5.69 Å². The van der Waals surface area contributed by atoms with Crippen molar-refractivity contribution in [3.05, 3.63) is 41.9 Å². The van der Waals surface area contributed by atoms with Crippen LogP contribution in [0.25, 0.3) is 11.5 Å². The quantitative estimate of drug-likeness (QED) is 0.511. The number of aromatic nitrogens is 4. The van der Waals surface area contributed by atoms with Gasteiger partial charge in [-0.2, -0.15) is 4.98 Å². The molecule has 0 aliphatic heterocycles. The largest absolute Gasteiger partial charge is 0.420 e. The SMILES string of the molecule is c1cc(NCCCCCc2nc(C3CC3)no2)cc(-c2nnc(C3CC3)o2)c1. The second-order valence-corrected chi connectivity index (χ2v) is 7.86. The molecule has 2 saturated carbocycles. The van der Waals surface area contributed by atoms with Crippen molar-refractivity contribution in [3.63, 3.8) is 0 Å². The number of aryl methyl sites for hydroxylation is 1. The summed E-state index contributed by atoms with van der Waals surface area (Å²) in [6.45, 7) is 0.928. The maximum atomic E-state index is 5.80. The third-order valence-electron chi connectivity index (χ3n) is 5.30. The van der Waals surface area contributed by atoms with Crippen molar-refractivity contribution in [3.8, 4) is 11.5 Å². The third kappa shape index (κ3) is 4.24. The number of hydrogen-bond acceptors (Lipinski definition) is 7. The molecule has 7 nitrogen and oxygen atoms in total. The van der Waals surface area contributed by atoms with E-state index in [0.29, 0.717) is 17.7 Å². The highest BCUT2D eigenvalue weighted by Gasteiger charge is 2.29. The van der Waals surface area contributed by atoms with Gasteiger partial charge in [0, 0.05) is 36.1 Å². The average Bonchev–Trinajstić information content (AvgIpc) is 3.66. The van der Waals surface area contributed by atoms with Gasteiger partial charge in [0.1, 0.15) is 0 Å². The van der Waals surface area contributed by atoms with Gasteiger partial charge in [-0.15, -0.1) is 10.2 Å².